The fourth-order valence-corrected chi connectivity index (χ4v) is 3.00. The van der Waals surface area contributed by atoms with Crippen LogP contribution in [0.2, 0.25) is 0 Å². The van der Waals surface area contributed by atoms with E-state index < -0.39 is 0 Å². The number of nitrogens with one attached hydrogen (secondary N) is 1. The largest absolute Gasteiger partial charge is 0.494 e. The maximum absolute atomic E-state index is 12.6. The first-order valence-electron chi connectivity index (χ1n) is 7.92. The van der Waals surface area contributed by atoms with Crippen LogP contribution in [-0.2, 0) is 4.79 Å². The summed E-state index contributed by atoms with van der Waals surface area (Å²) in [7, 11) is 0. The maximum Gasteiger partial charge on any atom is 0.241 e. The SMILES string of the molecule is CCOc1ccc(C2NC(C(C)C)C(=O)N2C2CC2)cc1. The average molecular weight is 288 g/mol. The van der Waals surface area contributed by atoms with Gasteiger partial charge in [0.2, 0.25) is 5.91 Å². The van der Waals surface area contributed by atoms with E-state index in [1.807, 2.05) is 19.1 Å². The Labute approximate surface area is 126 Å². The fraction of sp³-hybridized carbons (Fsp3) is 0.588. The number of carbonyl (C=O) groups excluding carboxylic acids is 1. The lowest BCUT2D eigenvalue weighted by molar-refractivity contribution is -0.131. The summed E-state index contributed by atoms with van der Waals surface area (Å²) >= 11 is 0. The summed E-state index contributed by atoms with van der Waals surface area (Å²) in [5.41, 5.74) is 1.14. The van der Waals surface area contributed by atoms with Crippen molar-refractivity contribution in [2.24, 2.45) is 5.92 Å². The zero-order valence-corrected chi connectivity index (χ0v) is 13.0. The molecule has 1 aromatic rings. The Bertz CT molecular complexity index is 508. The molecule has 1 N–H and O–H groups in total. The van der Waals surface area contributed by atoms with E-state index in [9.17, 15) is 4.79 Å². The Hall–Kier alpha value is -1.55. The lowest BCUT2D eigenvalue weighted by Gasteiger charge is -2.24. The molecule has 3 rings (SSSR count). The van der Waals surface area contributed by atoms with E-state index in [1.165, 1.54) is 0 Å². The monoisotopic (exact) mass is 288 g/mol. The van der Waals surface area contributed by atoms with Crippen LogP contribution in [0.15, 0.2) is 24.3 Å². The van der Waals surface area contributed by atoms with Gasteiger partial charge in [-0.25, -0.2) is 0 Å². The molecule has 1 saturated carbocycles. The summed E-state index contributed by atoms with van der Waals surface area (Å²) in [5, 5.41) is 3.51. The number of ether oxygens (including phenoxy) is 1. The van der Waals surface area contributed by atoms with E-state index in [-0.39, 0.29) is 18.1 Å². The van der Waals surface area contributed by atoms with Crippen LogP contribution < -0.4 is 10.1 Å². The van der Waals surface area contributed by atoms with E-state index in [4.69, 9.17) is 4.74 Å². The lowest BCUT2D eigenvalue weighted by Crippen LogP contribution is -2.35. The number of rotatable bonds is 5. The van der Waals surface area contributed by atoms with Gasteiger partial charge in [-0.2, -0.15) is 0 Å². The molecule has 2 fully saturated rings. The molecule has 1 aromatic carbocycles. The molecule has 1 saturated heterocycles. The van der Waals surface area contributed by atoms with Gasteiger partial charge in [-0.15, -0.1) is 0 Å². The van der Waals surface area contributed by atoms with E-state index in [1.54, 1.807) is 0 Å². The van der Waals surface area contributed by atoms with Crippen molar-refractivity contribution in [1.82, 2.24) is 10.2 Å². The van der Waals surface area contributed by atoms with Crippen molar-refractivity contribution in [2.45, 2.75) is 51.9 Å². The van der Waals surface area contributed by atoms with Crippen LogP contribution >= 0.6 is 0 Å². The van der Waals surface area contributed by atoms with Crippen molar-refractivity contribution in [3.63, 3.8) is 0 Å². The Morgan fingerprint density at radius 2 is 1.95 bits per heavy atom. The van der Waals surface area contributed by atoms with Crippen molar-refractivity contribution in [3.05, 3.63) is 29.8 Å². The zero-order valence-electron chi connectivity index (χ0n) is 13.0. The molecule has 2 unspecified atom stereocenters. The standard InChI is InChI=1S/C17H24N2O2/c1-4-21-14-9-5-12(6-10-14)16-18-15(11(2)3)17(20)19(16)13-7-8-13/h5-6,9-11,13,15-16,18H,4,7-8H2,1-3H3. The van der Waals surface area contributed by atoms with E-state index in [0.29, 0.717) is 18.6 Å². The van der Waals surface area contributed by atoms with Gasteiger partial charge in [-0.1, -0.05) is 26.0 Å². The highest BCUT2D eigenvalue weighted by Crippen LogP contribution is 2.38. The van der Waals surface area contributed by atoms with E-state index in [0.717, 1.165) is 24.2 Å². The molecule has 21 heavy (non-hydrogen) atoms. The van der Waals surface area contributed by atoms with Gasteiger partial charge in [-0.05, 0) is 43.4 Å². The second kappa shape index (κ2) is 5.68. The molecular formula is C17H24N2O2. The number of benzene rings is 1. The third kappa shape index (κ3) is 2.77. The van der Waals surface area contributed by atoms with Crippen molar-refractivity contribution in [2.75, 3.05) is 6.61 Å². The third-order valence-electron chi connectivity index (χ3n) is 4.25. The average Bonchev–Trinajstić information content (AvgIpc) is 3.23. The summed E-state index contributed by atoms with van der Waals surface area (Å²) in [6.45, 7) is 6.85. The molecule has 4 nitrogen and oxygen atoms in total. The normalized spacial score (nSPS) is 25.7. The van der Waals surface area contributed by atoms with Gasteiger partial charge in [0.1, 0.15) is 11.9 Å². The summed E-state index contributed by atoms with van der Waals surface area (Å²) in [6.07, 6.45) is 2.27. The Kier molecular flexibility index (Phi) is 3.89. The van der Waals surface area contributed by atoms with Gasteiger partial charge in [0.05, 0.1) is 12.6 Å². The molecule has 1 heterocycles. The minimum atomic E-state index is -0.0674. The smallest absolute Gasteiger partial charge is 0.241 e. The van der Waals surface area contributed by atoms with Crippen molar-refractivity contribution < 1.29 is 9.53 Å². The highest BCUT2D eigenvalue weighted by Gasteiger charge is 2.47. The summed E-state index contributed by atoms with van der Waals surface area (Å²) in [5.74, 6) is 1.45. The van der Waals surface area contributed by atoms with Crippen LogP contribution in [0.1, 0.15) is 45.3 Å². The number of hydrogen-bond acceptors (Lipinski definition) is 3. The van der Waals surface area contributed by atoms with Crippen LogP contribution in [0.25, 0.3) is 0 Å². The number of carbonyl (C=O) groups is 1. The number of amides is 1. The highest BCUT2D eigenvalue weighted by atomic mass is 16.5. The molecule has 0 bridgehead atoms. The molecule has 2 atom stereocenters. The lowest BCUT2D eigenvalue weighted by atomic mass is 10.1. The van der Waals surface area contributed by atoms with E-state index in [2.05, 4.69) is 36.2 Å². The summed E-state index contributed by atoms with van der Waals surface area (Å²) in [6, 6.07) is 8.45. The maximum atomic E-state index is 12.6. The van der Waals surface area contributed by atoms with Crippen molar-refractivity contribution in [3.8, 4) is 5.75 Å². The van der Waals surface area contributed by atoms with Crippen LogP contribution in [0, 0.1) is 5.92 Å². The Morgan fingerprint density at radius 3 is 2.48 bits per heavy atom. The minimum absolute atomic E-state index is 0.00748. The number of nitrogens with zero attached hydrogens (tertiary/aromatic N) is 1. The van der Waals surface area contributed by atoms with Crippen molar-refractivity contribution >= 4 is 5.91 Å². The molecule has 114 valence electrons. The molecular weight excluding hydrogens is 264 g/mol. The summed E-state index contributed by atoms with van der Waals surface area (Å²) < 4.78 is 5.49. The van der Waals surface area contributed by atoms with Crippen LogP contribution in [0.4, 0.5) is 0 Å². The van der Waals surface area contributed by atoms with Gasteiger partial charge >= 0.3 is 0 Å². The van der Waals surface area contributed by atoms with Gasteiger partial charge in [0.25, 0.3) is 0 Å². The molecule has 1 aliphatic carbocycles. The van der Waals surface area contributed by atoms with Gasteiger partial charge < -0.3 is 9.64 Å². The quantitative estimate of drug-likeness (QED) is 0.906. The van der Waals surface area contributed by atoms with Gasteiger partial charge in [0, 0.05) is 6.04 Å². The molecule has 4 heteroatoms. The second-order valence-electron chi connectivity index (χ2n) is 6.27. The predicted molar refractivity (Wildman–Crippen MR) is 82.0 cm³/mol. The first-order valence-corrected chi connectivity index (χ1v) is 7.92. The highest BCUT2D eigenvalue weighted by molar-refractivity contribution is 5.85. The first-order chi connectivity index (χ1) is 10.1. The topological polar surface area (TPSA) is 41.6 Å². The molecule has 0 spiro atoms. The third-order valence-corrected chi connectivity index (χ3v) is 4.25. The van der Waals surface area contributed by atoms with Gasteiger partial charge in [-0.3, -0.25) is 10.1 Å². The second-order valence-corrected chi connectivity index (χ2v) is 6.27. The molecule has 1 amide bonds. The molecule has 0 aromatic heterocycles. The molecule has 1 aliphatic heterocycles. The minimum Gasteiger partial charge on any atom is -0.494 e. The zero-order chi connectivity index (χ0) is 15.0. The number of hydrogen-bond donors (Lipinski definition) is 1. The molecule has 2 aliphatic rings. The van der Waals surface area contributed by atoms with Crippen LogP contribution in [0.3, 0.4) is 0 Å². The fourth-order valence-electron chi connectivity index (χ4n) is 3.00. The van der Waals surface area contributed by atoms with E-state index >= 15 is 0 Å². The van der Waals surface area contributed by atoms with Crippen molar-refractivity contribution in [1.29, 1.82) is 0 Å². The van der Waals surface area contributed by atoms with Crippen LogP contribution in [-0.4, -0.2) is 29.5 Å². The molecule has 0 radical (unpaired) electrons. The van der Waals surface area contributed by atoms with Crippen LogP contribution in [0.5, 0.6) is 5.75 Å². The summed E-state index contributed by atoms with van der Waals surface area (Å²) in [4.78, 5) is 14.7. The predicted octanol–water partition coefficient (Wildman–Crippen LogP) is 2.70. The Morgan fingerprint density at radius 1 is 1.29 bits per heavy atom. The van der Waals surface area contributed by atoms with Gasteiger partial charge in [0.15, 0.2) is 0 Å². The first kappa shape index (κ1) is 14.4. The Balaban J connectivity index is 1.83.